The summed E-state index contributed by atoms with van der Waals surface area (Å²) in [6.45, 7) is 0. The van der Waals surface area contributed by atoms with E-state index in [1.165, 1.54) is 12.8 Å². The lowest BCUT2D eigenvalue weighted by atomic mass is 9.86. The Balaban J connectivity index is 2.18. The summed E-state index contributed by atoms with van der Waals surface area (Å²) >= 11 is 3.61. The van der Waals surface area contributed by atoms with Gasteiger partial charge in [0.05, 0.1) is 17.0 Å². The van der Waals surface area contributed by atoms with Gasteiger partial charge in [-0.25, -0.2) is 0 Å². The van der Waals surface area contributed by atoms with Crippen LogP contribution in [0.15, 0.2) is 38.0 Å². The normalized spacial score (nSPS) is 18.6. The lowest BCUT2D eigenvalue weighted by Gasteiger charge is -2.25. The molecule has 1 aliphatic carbocycles. The summed E-state index contributed by atoms with van der Waals surface area (Å²) in [5.74, 6) is 0. The Morgan fingerprint density at radius 2 is 1.63 bits per heavy atom. The van der Waals surface area contributed by atoms with E-state index in [1.54, 1.807) is 12.5 Å². The van der Waals surface area contributed by atoms with E-state index in [9.17, 15) is 0 Å². The smallest absolute Gasteiger partial charge is 0.149 e. The van der Waals surface area contributed by atoms with E-state index in [2.05, 4.69) is 15.9 Å². The SMILES string of the molecule is NC1(c2c3ccoc3c(Br)c3ccoc23)CCCC1. The topological polar surface area (TPSA) is 52.3 Å². The predicted molar refractivity (Wildman–Crippen MR) is 78.0 cm³/mol. The van der Waals surface area contributed by atoms with Gasteiger partial charge in [0.1, 0.15) is 11.2 Å². The Kier molecular flexibility index (Phi) is 2.35. The highest BCUT2D eigenvalue weighted by atomic mass is 79.9. The van der Waals surface area contributed by atoms with Gasteiger partial charge in [0, 0.05) is 21.9 Å². The van der Waals surface area contributed by atoms with Crippen LogP contribution in [-0.2, 0) is 5.54 Å². The van der Waals surface area contributed by atoms with Crippen LogP contribution in [0.25, 0.3) is 21.9 Å². The van der Waals surface area contributed by atoms with Crippen molar-refractivity contribution >= 4 is 37.9 Å². The molecule has 1 aliphatic rings. The van der Waals surface area contributed by atoms with Gasteiger partial charge in [0.15, 0.2) is 0 Å². The van der Waals surface area contributed by atoms with Crippen molar-refractivity contribution in [2.75, 3.05) is 0 Å². The highest BCUT2D eigenvalue weighted by molar-refractivity contribution is 9.10. The van der Waals surface area contributed by atoms with E-state index in [1.807, 2.05) is 12.1 Å². The lowest BCUT2D eigenvalue weighted by Crippen LogP contribution is -2.33. The number of fused-ring (bicyclic) bond motifs is 2. The highest BCUT2D eigenvalue weighted by Gasteiger charge is 2.36. The van der Waals surface area contributed by atoms with Crippen LogP contribution in [0.5, 0.6) is 0 Å². The van der Waals surface area contributed by atoms with Crippen LogP contribution in [0.4, 0.5) is 0 Å². The minimum absolute atomic E-state index is 0.293. The molecule has 0 bridgehead atoms. The number of nitrogens with two attached hydrogens (primary N) is 1. The molecular weight excluding hydrogens is 306 g/mol. The van der Waals surface area contributed by atoms with Crippen molar-refractivity contribution in [3.8, 4) is 0 Å². The standard InChI is InChI=1S/C15H14BrNO2/c16-12-10-4-8-18-13(10)11(9-3-7-19-14(9)12)15(17)5-1-2-6-15/h3-4,7-8H,1-2,5-6,17H2. The van der Waals surface area contributed by atoms with Crippen molar-refractivity contribution in [3.63, 3.8) is 0 Å². The fourth-order valence-electron chi connectivity index (χ4n) is 3.35. The second-order valence-corrected chi connectivity index (χ2v) is 6.17. The Morgan fingerprint density at radius 1 is 1.00 bits per heavy atom. The molecule has 0 radical (unpaired) electrons. The van der Waals surface area contributed by atoms with Gasteiger partial charge < -0.3 is 14.6 Å². The van der Waals surface area contributed by atoms with E-state index in [-0.39, 0.29) is 5.54 Å². The zero-order valence-corrected chi connectivity index (χ0v) is 12.0. The summed E-state index contributed by atoms with van der Waals surface area (Å²) in [4.78, 5) is 0. The quantitative estimate of drug-likeness (QED) is 0.709. The van der Waals surface area contributed by atoms with Crippen molar-refractivity contribution in [2.24, 2.45) is 5.73 Å². The third kappa shape index (κ3) is 1.47. The number of hydrogen-bond acceptors (Lipinski definition) is 3. The number of halogens is 1. The molecule has 3 nitrogen and oxygen atoms in total. The zero-order chi connectivity index (χ0) is 13.0. The van der Waals surface area contributed by atoms with Gasteiger partial charge in [-0.2, -0.15) is 0 Å². The molecule has 0 unspecified atom stereocenters. The fourth-order valence-corrected chi connectivity index (χ4v) is 3.97. The van der Waals surface area contributed by atoms with Crippen molar-refractivity contribution in [3.05, 3.63) is 34.7 Å². The van der Waals surface area contributed by atoms with Crippen LogP contribution in [0, 0.1) is 0 Å². The number of rotatable bonds is 1. The molecule has 2 aromatic heterocycles. The van der Waals surface area contributed by atoms with Gasteiger partial charge in [0.25, 0.3) is 0 Å². The van der Waals surface area contributed by atoms with E-state index < -0.39 is 0 Å². The minimum Gasteiger partial charge on any atom is -0.464 e. The molecule has 0 saturated heterocycles. The number of furan rings is 2. The Morgan fingerprint density at radius 3 is 2.37 bits per heavy atom. The van der Waals surface area contributed by atoms with Gasteiger partial charge in [-0.3, -0.25) is 0 Å². The first-order valence-electron chi connectivity index (χ1n) is 6.56. The van der Waals surface area contributed by atoms with Gasteiger partial charge in [0.2, 0.25) is 0 Å². The summed E-state index contributed by atoms with van der Waals surface area (Å²) in [6.07, 6.45) is 7.80. The first-order chi connectivity index (χ1) is 9.21. The maximum absolute atomic E-state index is 6.66. The molecule has 19 heavy (non-hydrogen) atoms. The molecule has 1 aromatic carbocycles. The van der Waals surface area contributed by atoms with E-state index in [0.29, 0.717) is 0 Å². The highest BCUT2D eigenvalue weighted by Crippen LogP contribution is 2.46. The molecule has 3 aromatic rings. The second-order valence-electron chi connectivity index (χ2n) is 5.38. The molecule has 2 heterocycles. The zero-order valence-electron chi connectivity index (χ0n) is 10.4. The summed E-state index contributed by atoms with van der Waals surface area (Å²) in [5.41, 5.74) is 9.23. The van der Waals surface area contributed by atoms with Gasteiger partial charge >= 0.3 is 0 Å². The molecule has 4 heteroatoms. The summed E-state index contributed by atoms with van der Waals surface area (Å²) < 4.78 is 12.3. The van der Waals surface area contributed by atoms with Gasteiger partial charge in [-0.1, -0.05) is 12.8 Å². The van der Waals surface area contributed by atoms with Crippen LogP contribution in [0.3, 0.4) is 0 Å². The average Bonchev–Trinajstić information content (AvgIpc) is 3.09. The molecule has 0 aliphatic heterocycles. The van der Waals surface area contributed by atoms with Crippen LogP contribution in [0.2, 0.25) is 0 Å². The first-order valence-corrected chi connectivity index (χ1v) is 7.35. The molecule has 0 amide bonds. The largest absolute Gasteiger partial charge is 0.464 e. The Hall–Kier alpha value is -1.26. The Labute approximate surface area is 118 Å². The molecule has 1 saturated carbocycles. The van der Waals surface area contributed by atoms with Crippen molar-refractivity contribution in [2.45, 2.75) is 31.2 Å². The molecule has 4 rings (SSSR count). The average molecular weight is 320 g/mol. The van der Waals surface area contributed by atoms with Crippen molar-refractivity contribution in [1.29, 1.82) is 0 Å². The Bertz CT molecular complexity index is 713. The van der Waals surface area contributed by atoms with E-state index >= 15 is 0 Å². The fraction of sp³-hybridized carbons (Fsp3) is 0.333. The summed E-state index contributed by atoms with van der Waals surface area (Å²) in [5, 5.41) is 2.10. The number of hydrogen-bond donors (Lipinski definition) is 1. The second kappa shape index (κ2) is 3.87. The van der Waals surface area contributed by atoms with Crippen LogP contribution in [-0.4, -0.2) is 0 Å². The van der Waals surface area contributed by atoms with Crippen molar-refractivity contribution in [1.82, 2.24) is 0 Å². The molecule has 2 N–H and O–H groups in total. The van der Waals surface area contributed by atoms with E-state index in [0.717, 1.165) is 44.8 Å². The molecule has 0 atom stereocenters. The number of benzene rings is 1. The maximum Gasteiger partial charge on any atom is 0.149 e. The third-order valence-electron chi connectivity index (χ3n) is 4.26. The molecule has 1 fully saturated rings. The molecular formula is C15H14BrNO2. The van der Waals surface area contributed by atoms with E-state index in [4.69, 9.17) is 14.6 Å². The van der Waals surface area contributed by atoms with Crippen LogP contribution in [0.1, 0.15) is 31.2 Å². The predicted octanol–water partition coefficient (Wildman–Crippen LogP) is 4.67. The third-order valence-corrected chi connectivity index (χ3v) is 5.04. The minimum atomic E-state index is -0.293. The molecule has 0 spiro atoms. The van der Waals surface area contributed by atoms with Crippen LogP contribution >= 0.6 is 15.9 Å². The van der Waals surface area contributed by atoms with Crippen LogP contribution < -0.4 is 5.73 Å². The van der Waals surface area contributed by atoms with Crippen molar-refractivity contribution < 1.29 is 8.83 Å². The van der Waals surface area contributed by atoms with Gasteiger partial charge in [-0.15, -0.1) is 0 Å². The monoisotopic (exact) mass is 319 g/mol. The van der Waals surface area contributed by atoms with Gasteiger partial charge in [-0.05, 0) is 40.9 Å². The summed E-state index contributed by atoms with van der Waals surface area (Å²) in [7, 11) is 0. The molecule has 98 valence electrons. The lowest BCUT2D eigenvalue weighted by molar-refractivity contribution is 0.459. The summed E-state index contributed by atoms with van der Waals surface area (Å²) in [6, 6.07) is 3.95. The first kappa shape index (κ1) is 11.6. The maximum atomic E-state index is 6.66.